The van der Waals surface area contributed by atoms with Gasteiger partial charge in [0.2, 0.25) is 0 Å². The molecule has 1 N–H and O–H groups in total. The molecular weight excluding hydrogens is 301 g/mol. The summed E-state index contributed by atoms with van der Waals surface area (Å²) in [6.45, 7) is 1.68. The summed E-state index contributed by atoms with van der Waals surface area (Å²) in [7, 11) is 0. The van der Waals surface area contributed by atoms with E-state index >= 15 is 0 Å². The first-order valence-corrected chi connectivity index (χ1v) is 7.33. The quantitative estimate of drug-likeness (QED) is 0.697. The molecule has 1 aromatic heterocycles. The normalized spacial score (nSPS) is 11.7. The maximum atomic E-state index is 12.7. The van der Waals surface area contributed by atoms with Crippen LogP contribution in [0.1, 0.15) is 22.4 Å². The second-order valence-corrected chi connectivity index (χ2v) is 5.31. The van der Waals surface area contributed by atoms with E-state index in [-0.39, 0.29) is 12.0 Å². The fourth-order valence-corrected chi connectivity index (χ4v) is 2.37. The van der Waals surface area contributed by atoms with Crippen molar-refractivity contribution in [1.82, 2.24) is 9.97 Å². The highest BCUT2D eigenvalue weighted by molar-refractivity contribution is 7.98. The third-order valence-corrected chi connectivity index (χ3v) is 3.61. The molecule has 2 rings (SSSR count). The molecular formula is C14H13F3N2OS. The van der Waals surface area contributed by atoms with Crippen LogP contribution in [0.25, 0.3) is 0 Å². The van der Waals surface area contributed by atoms with Crippen molar-refractivity contribution in [3.05, 3.63) is 57.0 Å². The van der Waals surface area contributed by atoms with E-state index in [4.69, 9.17) is 0 Å². The largest absolute Gasteiger partial charge is 0.416 e. The van der Waals surface area contributed by atoms with Gasteiger partial charge in [0.15, 0.2) is 5.16 Å². The van der Waals surface area contributed by atoms with Gasteiger partial charge in [0, 0.05) is 17.7 Å². The number of nitrogens with zero attached hydrogens (tertiary/aromatic N) is 1. The fraction of sp³-hybridized carbons (Fsp3) is 0.286. The number of thioether (sulfide) groups is 1. The van der Waals surface area contributed by atoms with Gasteiger partial charge >= 0.3 is 6.18 Å². The minimum Gasteiger partial charge on any atom is -0.301 e. The Morgan fingerprint density at radius 2 is 2.05 bits per heavy atom. The minimum absolute atomic E-state index is 0.118. The summed E-state index contributed by atoms with van der Waals surface area (Å²) in [6.07, 6.45) is -2.49. The Bertz CT molecular complexity index is 710. The Morgan fingerprint density at radius 1 is 1.33 bits per heavy atom. The van der Waals surface area contributed by atoms with Crippen molar-refractivity contribution in [2.24, 2.45) is 0 Å². The minimum atomic E-state index is -4.39. The molecule has 0 saturated carbocycles. The zero-order valence-corrected chi connectivity index (χ0v) is 12.2. The average molecular weight is 314 g/mol. The number of H-pyrrole nitrogens is 1. The van der Waals surface area contributed by atoms with Gasteiger partial charge in [0.1, 0.15) is 0 Å². The molecule has 0 spiro atoms. The summed E-state index contributed by atoms with van der Waals surface area (Å²) < 4.78 is 38.0. The predicted octanol–water partition coefficient (Wildman–Crippen LogP) is 3.41. The zero-order valence-electron chi connectivity index (χ0n) is 11.4. The van der Waals surface area contributed by atoms with Gasteiger partial charge in [0.05, 0.1) is 5.56 Å². The number of hydrogen-bond acceptors (Lipinski definition) is 3. The van der Waals surface area contributed by atoms with E-state index < -0.39 is 11.7 Å². The van der Waals surface area contributed by atoms with Crippen LogP contribution in [0.4, 0.5) is 13.2 Å². The van der Waals surface area contributed by atoms with Crippen LogP contribution in [0.5, 0.6) is 0 Å². The van der Waals surface area contributed by atoms with Crippen molar-refractivity contribution in [3.63, 3.8) is 0 Å². The zero-order chi connectivity index (χ0) is 15.6. The first-order valence-electron chi connectivity index (χ1n) is 6.11. The average Bonchev–Trinajstić information content (AvgIpc) is 2.42. The van der Waals surface area contributed by atoms with E-state index in [1.54, 1.807) is 19.2 Å². The molecule has 1 aromatic carbocycles. The molecule has 0 saturated heterocycles. The number of benzene rings is 1. The molecule has 2 aromatic rings. The number of rotatable bonds is 3. The predicted molar refractivity (Wildman–Crippen MR) is 75.6 cm³/mol. The third-order valence-electron chi connectivity index (χ3n) is 3.03. The number of nitrogens with one attached hydrogen (secondary N) is 1. The monoisotopic (exact) mass is 314 g/mol. The van der Waals surface area contributed by atoms with E-state index in [0.29, 0.717) is 22.0 Å². The van der Waals surface area contributed by atoms with Crippen molar-refractivity contribution >= 4 is 11.8 Å². The Kier molecular flexibility index (Phi) is 4.41. The third kappa shape index (κ3) is 3.66. The molecule has 0 aliphatic rings. The maximum absolute atomic E-state index is 12.7. The molecule has 0 fully saturated rings. The van der Waals surface area contributed by atoms with Gasteiger partial charge in [-0.1, -0.05) is 30.0 Å². The smallest absolute Gasteiger partial charge is 0.301 e. The maximum Gasteiger partial charge on any atom is 0.416 e. The summed E-state index contributed by atoms with van der Waals surface area (Å²) in [4.78, 5) is 18.8. The van der Waals surface area contributed by atoms with Crippen LogP contribution in [0.15, 0.2) is 34.2 Å². The molecule has 0 atom stereocenters. The number of alkyl halides is 3. The van der Waals surface area contributed by atoms with Gasteiger partial charge in [-0.15, -0.1) is 0 Å². The van der Waals surface area contributed by atoms with Crippen LogP contribution >= 0.6 is 11.8 Å². The second-order valence-electron chi connectivity index (χ2n) is 4.51. The van der Waals surface area contributed by atoms with Crippen LogP contribution in [-0.4, -0.2) is 16.2 Å². The number of aryl methyl sites for hydroxylation is 1. The first kappa shape index (κ1) is 15.6. The summed E-state index contributed by atoms with van der Waals surface area (Å²) in [5.41, 5.74) is 0.303. The first-order chi connectivity index (χ1) is 9.81. The molecule has 1 heterocycles. The van der Waals surface area contributed by atoms with E-state index in [2.05, 4.69) is 9.97 Å². The lowest BCUT2D eigenvalue weighted by atomic mass is 10.0. The van der Waals surface area contributed by atoms with Gasteiger partial charge < -0.3 is 4.98 Å². The van der Waals surface area contributed by atoms with E-state index in [0.717, 1.165) is 12.1 Å². The molecule has 0 bridgehead atoms. The van der Waals surface area contributed by atoms with Crippen molar-refractivity contribution in [2.45, 2.75) is 24.7 Å². The topological polar surface area (TPSA) is 45.8 Å². The number of halogens is 3. The van der Waals surface area contributed by atoms with Crippen LogP contribution in [-0.2, 0) is 12.6 Å². The molecule has 3 nitrogen and oxygen atoms in total. The lowest BCUT2D eigenvalue weighted by Gasteiger charge is -2.10. The summed E-state index contributed by atoms with van der Waals surface area (Å²) in [5, 5.41) is 0.491. The van der Waals surface area contributed by atoms with Gasteiger partial charge in [-0.3, -0.25) is 4.79 Å². The molecule has 21 heavy (non-hydrogen) atoms. The summed E-state index contributed by atoms with van der Waals surface area (Å²) in [5.74, 6) is 0. The molecule has 112 valence electrons. The molecule has 0 aliphatic heterocycles. The Hall–Kier alpha value is -1.76. The Morgan fingerprint density at radius 3 is 2.62 bits per heavy atom. The standard InChI is InChI=1S/C14H13F3N2OS/c1-8-11(12(20)19-13(18-8)21-2)7-9-4-3-5-10(6-9)14(15,16)17/h3-6H,7H2,1-2H3,(H,18,19,20). The molecule has 0 radical (unpaired) electrons. The van der Waals surface area contributed by atoms with E-state index in [1.165, 1.54) is 17.8 Å². The van der Waals surface area contributed by atoms with Crippen molar-refractivity contribution in [3.8, 4) is 0 Å². The highest BCUT2D eigenvalue weighted by Crippen LogP contribution is 2.29. The van der Waals surface area contributed by atoms with Crippen LogP contribution < -0.4 is 5.56 Å². The van der Waals surface area contributed by atoms with Gasteiger partial charge in [-0.05, 0) is 24.8 Å². The van der Waals surface area contributed by atoms with Gasteiger partial charge in [-0.25, -0.2) is 4.98 Å². The number of aromatic amines is 1. The molecule has 0 aliphatic carbocycles. The molecule has 0 amide bonds. The molecule has 0 unspecified atom stereocenters. The lowest BCUT2D eigenvalue weighted by molar-refractivity contribution is -0.137. The SMILES string of the molecule is CSc1nc(C)c(Cc2cccc(C(F)(F)F)c2)c(=O)[nH]1. The Labute approximate surface area is 123 Å². The molecule has 7 heteroatoms. The summed E-state index contributed by atoms with van der Waals surface area (Å²) in [6, 6.07) is 4.97. The van der Waals surface area contributed by atoms with Gasteiger partial charge in [0.25, 0.3) is 5.56 Å². The Balaban J connectivity index is 2.37. The van der Waals surface area contributed by atoms with Crippen LogP contribution in [0, 0.1) is 6.92 Å². The number of aromatic nitrogens is 2. The van der Waals surface area contributed by atoms with E-state index in [1.807, 2.05) is 0 Å². The van der Waals surface area contributed by atoms with Gasteiger partial charge in [-0.2, -0.15) is 13.2 Å². The highest BCUT2D eigenvalue weighted by Gasteiger charge is 2.30. The summed E-state index contributed by atoms with van der Waals surface area (Å²) >= 11 is 1.30. The van der Waals surface area contributed by atoms with Crippen molar-refractivity contribution in [2.75, 3.05) is 6.26 Å². The fourth-order valence-electron chi connectivity index (χ4n) is 1.95. The van der Waals surface area contributed by atoms with Crippen LogP contribution in [0.2, 0.25) is 0 Å². The van der Waals surface area contributed by atoms with Crippen molar-refractivity contribution < 1.29 is 13.2 Å². The van der Waals surface area contributed by atoms with E-state index in [9.17, 15) is 18.0 Å². The van der Waals surface area contributed by atoms with Crippen LogP contribution in [0.3, 0.4) is 0 Å². The van der Waals surface area contributed by atoms with Crippen molar-refractivity contribution in [1.29, 1.82) is 0 Å². The second kappa shape index (κ2) is 5.93. The number of hydrogen-bond donors (Lipinski definition) is 1. The highest BCUT2D eigenvalue weighted by atomic mass is 32.2. The lowest BCUT2D eigenvalue weighted by Crippen LogP contribution is -2.17.